The molecular weight excluding hydrogens is 969 g/mol. The summed E-state index contributed by atoms with van der Waals surface area (Å²) in [5.41, 5.74) is 2.04. The number of thiophene rings is 1. The van der Waals surface area contributed by atoms with Crippen LogP contribution >= 0.6 is 42.1 Å². The Labute approximate surface area is 384 Å². The number of urea groups is 1. The fraction of sp³-hybridized carbons (Fsp3) is 0.361. The summed E-state index contributed by atoms with van der Waals surface area (Å²) in [4.78, 5) is 99.2. The van der Waals surface area contributed by atoms with Crippen molar-refractivity contribution < 1.29 is 71.2 Å². The molecule has 1 aliphatic heterocycles. The zero-order chi connectivity index (χ0) is 48.5. The highest BCUT2D eigenvalue weighted by Gasteiger charge is 2.39. The van der Waals surface area contributed by atoms with Gasteiger partial charge >= 0.3 is 29.9 Å². The molecule has 0 fully saturated rings. The molecule has 0 saturated carbocycles. The average Bonchev–Trinajstić information content (AvgIpc) is 3.79. The van der Waals surface area contributed by atoms with E-state index >= 15 is 0 Å². The molecule has 4 amide bonds. The minimum atomic E-state index is -4.37. The number of anilines is 2. The van der Waals surface area contributed by atoms with Crippen LogP contribution in [0.1, 0.15) is 53.7 Å². The van der Waals surface area contributed by atoms with Gasteiger partial charge in [0, 0.05) is 16.2 Å². The summed E-state index contributed by atoms with van der Waals surface area (Å²) in [6.07, 6.45) is 10.3. The molecule has 64 heavy (non-hydrogen) atoms. The monoisotopic (exact) mass is 1010 g/mol. The summed E-state index contributed by atoms with van der Waals surface area (Å²) < 4.78 is 45.5. The van der Waals surface area contributed by atoms with E-state index in [2.05, 4.69) is 39.0 Å². The predicted molar refractivity (Wildman–Crippen MR) is 237 cm³/mol. The van der Waals surface area contributed by atoms with E-state index in [1.807, 2.05) is 5.32 Å². The van der Waals surface area contributed by atoms with Crippen LogP contribution in [0, 0.1) is 6.92 Å². The fourth-order valence-corrected chi connectivity index (χ4v) is 7.94. The van der Waals surface area contributed by atoms with Crippen LogP contribution in [-0.2, 0) is 49.4 Å². The van der Waals surface area contributed by atoms with Gasteiger partial charge in [-0.15, -0.1) is 11.3 Å². The van der Waals surface area contributed by atoms with E-state index in [1.54, 1.807) is 29.8 Å². The standard InChI is InChI=1S/C19H17Cl2NO4.C11H11N5O6S2.C3H8NO5P.C3H9S/c1-2-26-19(25)16(21)10-11-9-12(7-8-15(11)20)22-17(23)13-5-3-4-6-14(13)18(22)24;1-5-12-9(15-11(13-5)22-2)14-10(19)16-24(20,21)6-3-4-23-7(6)8(17)18;5-3(6)1-4-2-10(7,8)9;1-4(2)3/h7-10H,2-6H2,1H3;3-4H,1-2H3,(H,17,18)(H2,12,13,14,15,16,19);4H,1-2H2,(H,5,6)(H2,7,8,9);1-3H3/q;;;+1/p-1/b16-10-;;;. The smallest absolute Gasteiger partial charge is 0.349 e. The molecule has 0 bridgehead atoms. The van der Waals surface area contributed by atoms with Gasteiger partial charge in [-0.3, -0.25) is 25.0 Å². The number of nitrogens with one attached hydrogen (secondary N) is 3. The molecule has 3 aromatic rings. The molecule has 2 aromatic heterocycles. The minimum absolute atomic E-state index is 0.0633. The molecule has 1 unspecified atom stereocenters. The highest BCUT2D eigenvalue weighted by atomic mass is 35.5. The number of aliphatic carboxylic acids is 1. The average molecular weight is 1010 g/mol. The molecule has 350 valence electrons. The number of carbonyl (C=O) groups is 6. The van der Waals surface area contributed by atoms with Crippen molar-refractivity contribution in [3.05, 3.63) is 67.1 Å². The Morgan fingerprint density at radius 1 is 1.05 bits per heavy atom. The molecule has 5 rings (SSSR count). The second-order valence-corrected chi connectivity index (χ2v) is 20.5. The number of benzene rings is 1. The number of sulfonamides is 1. The molecule has 0 radical (unpaired) electrons. The second kappa shape index (κ2) is 25.5. The lowest BCUT2D eigenvalue weighted by Gasteiger charge is -2.16. The molecule has 6 N–H and O–H groups in total. The van der Waals surface area contributed by atoms with Crippen molar-refractivity contribution in [2.24, 2.45) is 0 Å². The molecule has 0 spiro atoms. The Morgan fingerprint density at radius 2 is 1.64 bits per heavy atom. The van der Waals surface area contributed by atoms with Crippen molar-refractivity contribution >= 4 is 117 Å². The van der Waals surface area contributed by atoms with Gasteiger partial charge in [-0.2, -0.15) is 15.0 Å². The van der Waals surface area contributed by atoms with E-state index in [0.717, 1.165) is 30.2 Å². The molecule has 1 aliphatic carbocycles. The van der Waals surface area contributed by atoms with Crippen LogP contribution in [0.2, 0.25) is 5.02 Å². The Kier molecular flexibility index (Phi) is 22.0. The maximum atomic E-state index is 12.7. The first kappa shape index (κ1) is 55.2. The van der Waals surface area contributed by atoms with Crippen molar-refractivity contribution in [2.75, 3.05) is 55.5 Å². The van der Waals surface area contributed by atoms with Gasteiger partial charge in [0.2, 0.25) is 5.95 Å². The Bertz CT molecular complexity index is 2410. The van der Waals surface area contributed by atoms with Crippen LogP contribution in [0.25, 0.3) is 6.08 Å². The number of methoxy groups -OCH3 is 1. The van der Waals surface area contributed by atoms with Crippen molar-refractivity contribution in [1.29, 1.82) is 0 Å². The van der Waals surface area contributed by atoms with Gasteiger partial charge < -0.3 is 34.0 Å². The highest BCUT2D eigenvalue weighted by molar-refractivity contribution is 7.94. The third-order valence-electron chi connectivity index (χ3n) is 7.44. The Hall–Kier alpha value is -4.98. The zero-order valence-electron chi connectivity index (χ0n) is 34.9. The van der Waals surface area contributed by atoms with E-state index < -0.39 is 64.2 Å². The van der Waals surface area contributed by atoms with Crippen LogP contribution < -0.4 is 29.9 Å². The summed E-state index contributed by atoms with van der Waals surface area (Å²) >= 11 is 12.8. The van der Waals surface area contributed by atoms with Crippen LogP contribution in [-0.4, -0.2) is 120 Å². The van der Waals surface area contributed by atoms with Gasteiger partial charge in [0.1, 0.15) is 28.2 Å². The van der Waals surface area contributed by atoms with Crippen LogP contribution in [0.3, 0.4) is 0 Å². The normalized spacial score (nSPS) is 14.4. The maximum Gasteiger partial charge on any atom is 0.349 e. The number of aromatic nitrogens is 3. The second-order valence-electron chi connectivity index (χ2n) is 13.0. The summed E-state index contributed by atoms with van der Waals surface area (Å²) in [5.74, 6) is -3.79. The van der Waals surface area contributed by atoms with Gasteiger partial charge in [0.05, 0.1) is 51.0 Å². The Balaban J connectivity index is 0.000000342. The number of rotatable bonds is 13. The molecule has 1 atom stereocenters. The zero-order valence-corrected chi connectivity index (χ0v) is 39.7. The lowest BCUT2D eigenvalue weighted by Crippen LogP contribution is -2.35. The summed E-state index contributed by atoms with van der Waals surface area (Å²) in [6, 6.07) is 4.59. The third-order valence-corrected chi connectivity index (χ3v) is 11.1. The number of ether oxygens (including phenoxy) is 2. The number of carboxylic acid groups (broad SMARTS) is 2. The van der Waals surface area contributed by atoms with E-state index in [1.165, 1.54) is 30.4 Å². The van der Waals surface area contributed by atoms with Gasteiger partial charge in [-0.05, 0) is 91.7 Å². The van der Waals surface area contributed by atoms with Crippen molar-refractivity contribution in [3.63, 3.8) is 0 Å². The first-order chi connectivity index (χ1) is 29.8. The quantitative estimate of drug-likeness (QED) is 0.0470. The van der Waals surface area contributed by atoms with Crippen molar-refractivity contribution in [2.45, 2.75) is 44.4 Å². The molecule has 1 aromatic carbocycles. The number of imide groups is 1. The van der Waals surface area contributed by atoms with Crippen molar-refractivity contribution in [3.8, 4) is 6.01 Å². The fourth-order valence-electron chi connectivity index (χ4n) is 5.03. The number of hydrogen-bond donors (Lipinski definition) is 6. The number of halogens is 2. The molecule has 3 heterocycles. The van der Waals surface area contributed by atoms with Crippen LogP contribution in [0.5, 0.6) is 6.01 Å². The first-order valence-electron chi connectivity index (χ1n) is 18.1. The lowest BCUT2D eigenvalue weighted by molar-refractivity contribution is -0.193. The molecular formula is C36H44Cl2N7O15PS3. The number of amides is 4. The largest absolute Gasteiger partial charge is 0.778 e. The molecule has 2 aliphatic rings. The van der Waals surface area contributed by atoms with E-state index in [-0.39, 0.29) is 41.2 Å². The number of aromatic carboxylic acids is 1. The van der Waals surface area contributed by atoms with Gasteiger partial charge in [0.25, 0.3) is 21.8 Å². The number of nitrogens with zero attached hydrogens (tertiary/aromatic N) is 4. The summed E-state index contributed by atoms with van der Waals surface area (Å²) in [6.45, 7) is 2.92. The van der Waals surface area contributed by atoms with E-state index in [0.29, 0.717) is 51.2 Å². The van der Waals surface area contributed by atoms with Crippen LogP contribution in [0.4, 0.5) is 16.4 Å². The lowest BCUT2D eigenvalue weighted by atomic mass is 9.93. The Morgan fingerprint density at radius 3 is 2.16 bits per heavy atom. The number of hydrogen-bond acceptors (Lipinski definition) is 17. The van der Waals surface area contributed by atoms with Gasteiger partial charge in [0.15, 0.2) is 0 Å². The van der Waals surface area contributed by atoms with E-state index in [4.69, 9.17) is 47.8 Å². The number of carboxylic acids is 2. The molecule has 0 saturated heterocycles. The molecule has 22 nitrogen and oxygen atoms in total. The van der Waals surface area contributed by atoms with E-state index in [9.17, 15) is 46.6 Å². The number of aryl methyl sites for hydroxylation is 1. The first-order valence-corrected chi connectivity index (χ1v) is 25.4. The summed E-state index contributed by atoms with van der Waals surface area (Å²) in [7, 11) is -6.77. The topological polar surface area (TPSA) is 334 Å². The van der Waals surface area contributed by atoms with Gasteiger partial charge in [-0.1, -0.05) is 23.2 Å². The van der Waals surface area contributed by atoms with Crippen LogP contribution in [0.15, 0.2) is 50.7 Å². The van der Waals surface area contributed by atoms with Gasteiger partial charge in [-0.25, -0.2) is 32.4 Å². The SMILES string of the molecule is CCOC(=O)/C(Cl)=C/c1cc(N2C(=O)C3=C(CCCC3)C2=O)ccc1Cl.COc1nc(C)nc(NC(=O)NS(=O)(=O)c2ccsc2C(=O)O)n1.C[S+](C)C.O=C(O)CNCP(=O)([O-])O. The van der Waals surface area contributed by atoms with Crippen molar-refractivity contribution in [1.82, 2.24) is 25.0 Å². The number of esters is 1. The third kappa shape index (κ3) is 17.9. The highest BCUT2D eigenvalue weighted by Crippen LogP contribution is 2.37. The minimum Gasteiger partial charge on any atom is -0.778 e. The maximum absolute atomic E-state index is 12.7. The predicted octanol–water partition coefficient (Wildman–Crippen LogP) is 3.34. The molecule has 28 heteroatoms. The summed E-state index contributed by atoms with van der Waals surface area (Å²) in [5, 5.41) is 22.5. The number of carbonyl (C=O) groups excluding carboxylic acids is 4.